The number of thioether (sulfide) groups is 1. The van der Waals surface area contributed by atoms with Crippen LogP contribution in [-0.4, -0.2) is 28.9 Å². The van der Waals surface area contributed by atoms with Gasteiger partial charge >= 0.3 is 0 Å². The van der Waals surface area contributed by atoms with Crippen molar-refractivity contribution in [2.75, 3.05) is 17.7 Å². The number of nitrogens with zero attached hydrogens (tertiary/aromatic N) is 2. The fraction of sp³-hybridized carbons (Fsp3) is 0.636. The Labute approximate surface area is 105 Å². The highest BCUT2D eigenvalue weighted by molar-refractivity contribution is 8.00. The van der Waals surface area contributed by atoms with Crippen LogP contribution in [-0.2, 0) is 4.79 Å². The molecule has 0 aliphatic carbocycles. The molecule has 0 saturated carbocycles. The molecule has 1 unspecified atom stereocenters. The lowest BCUT2D eigenvalue weighted by atomic mass is 10.2. The van der Waals surface area contributed by atoms with E-state index in [1.807, 2.05) is 5.38 Å². The minimum Gasteiger partial charge on any atom is -0.291 e. The minimum atomic E-state index is 0.118. The third-order valence-corrected chi connectivity index (χ3v) is 4.82. The largest absolute Gasteiger partial charge is 0.291 e. The first kappa shape index (κ1) is 13.5. The molecule has 0 aliphatic rings. The number of anilines is 1. The normalized spacial score (nSPS) is 12.8. The van der Waals surface area contributed by atoms with E-state index < -0.39 is 0 Å². The Bertz CT molecular complexity index is 325. The molecule has 1 heterocycles. The third-order valence-electron chi connectivity index (χ3n) is 2.49. The lowest BCUT2D eigenvalue weighted by Crippen LogP contribution is -2.28. The first-order chi connectivity index (χ1) is 7.52. The highest BCUT2D eigenvalue weighted by atomic mass is 32.2. The van der Waals surface area contributed by atoms with Gasteiger partial charge < -0.3 is 0 Å². The van der Waals surface area contributed by atoms with Gasteiger partial charge in [-0.3, -0.25) is 9.69 Å². The van der Waals surface area contributed by atoms with E-state index in [1.54, 1.807) is 29.9 Å². The summed E-state index contributed by atoms with van der Waals surface area (Å²) in [5, 5.41) is 3.15. The van der Waals surface area contributed by atoms with Crippen LogP contribution in [0.2, 0.25) is 0 Å². The van der Waals surface area contributed by atoms with Gasteiger partial charge in [-0.25, -0.2) is 4.98 Å². The molecule has 1 aromatic rings. The Morgan fingerprint density at radius 1 is 1.56 bits per heavy atom. The molecule has 1 atom stereocenters. The Balaban J connectivity index is 2.41. The maximum Gasteiger partial charge on any atom is 0.238 e. The smallest absolute Gasteiger partial charge is 0.238 e. The van der Waals surface area contributed by atoms with Gasteiger partial charge in [-0.1, -0.05) is 20.8 Å². The van der Waals surface area contributed by atoms with Crippen molar-refractivity contribution >= 4 is 34.1 Å². The first-order valence-corrected chi connectivity index (χ1v) is 7.23. The second kappa shape index (κ2) is 6.25. The maximum atomic E-state index is 11.8. The van der Waals surface area contributed by atoms with Gasteiger partial charge in [0.2, 0.25) is 5.91 Å². The van der Waals surface area contributed by atoms with E-state index in [0.29, 0.717) is 16.9 Å². The second-order valence-electron chi connectivity index (χ2n) is 4.03. The molecule has 0 fully saturated rings. The van der Waals surface area contributed by atoms with Crippen molar-refractivity contribution in [2.45, 2.75) is 26.0 Å². The van der Waals surface area contributed by atoms with Crippen LogP contribution in [0.25, 0.3) is 0 Å². The SMILES string of the molecule is CC(C)C(C)SCC(=O)N(C)c1nccs1. The van der Waals surface area contributed by atoms with Crippen molar-refractivity contribution in [2.24, 2.45) is 5.92 Å². The van der Waals surface area contributed by atoms with Gasteiger partial charge in [-0.15, -0.1) is 23.1 Å². The molecule has 0 N–H and O–H groups in total. The van der Waals surface area contributed by atoms with Crippen molar-refractivity contribution < 1.29 is 4.79 Å². The summed E-state index contributed by atoms with van der Waals surface area (Å²) in [4.78, 5) is 17.6. The molecule has 0 saturated heterocycles. The van der Waals surface area contributed by atoms with Crippen LogP contribution < -0.4 is 4.90 Å². The number of hydrogen-bond donors (Lipinski definition) is 0. The number of thiazole rings is 1. The molecule has 0 bridgehead atoms. The quantitative estimate of drug-likeness (QED) is 0.814. The summed E-state index contributed by atoms with van der Waals surface area (Å²) in [5.41, 5.74) is 0. The standard InChI is InChI=1S/C11H18N2OS2/c1-8(2)9(3)16-7-10(14)13(4)11-12-5-6-15-11/h5-6,8-9H,7H2,1-4H3. The fourth-order valence-electron chi connectivity index (χ4n) is 0.980. The van der Waals surface area contributed by atoms with Gasteiger partial charge in [0, 0.05) is 23.9 Å². The average Bonchev–Trinajstić information content (AvgIpc) is 2.77. The van der Waals surface area contributed by atoms with E-state index in [0.717, 1.165) is 5.13 Å². The topological polar surface area (TPSA) is 33.2 Å². The summed E-state index contributed by atoms with van der Waals surface area (Å²) in [6.07, 6.45) is 1.72. The minimum absolute atomic E-state index is 0.118. The van der Waals surface area contributed by atoms with E-state index >= 15 is 0 Å². The highest BCUT2D eigenvalue weighted by Crippen LogP contribution is 2.21. The van der Waals surface area contributed by atoms with E-state index in [-0.39, 0.29) is 5.91 Å². The van der Waals surface area contributed by atoms with Gasteiger partial charge in [0.25, 0.3) is 0 Å². The van der Waals surface area contributed by atoms with Crippen molar-refractivity contribution in [3.63, 3.8) is 0 Å². The molecule has 0 radical (unpaired) electrons. The summed E-state index contributed by atoms with van der Waals surface area (Å²) in [6.45, 7) is 6.51. The van der Waals surface area contributed by atoms with Crippen LogP contribution >= 0.6 is 23.1 Å². The monoisotopic (exact) mass is 258 g/mol. The Morgan fingerprint density at radius 2 is 2.25 bits per heavy atom. The summed E-state index contributed by atoms with van der Waals surface area (Å²) in [6, 6.07) is 0. The summed E-state index contributed by atoms with van der Waals surface area (Å²) >= 11 is 3.19. The third kappa shape index (κ3) is 3.79. The first-order valence-electron chi connectivity index (χ1n) is 5.30. The molecule has 16 heavy (non-hydrogen) atoms. The Kier molecular flexibility index (Phi) is 5.28. The van der Waals surface area contributed by atoms with E-state index in [9.17, 15) is 4.79 Å². The summed E-state index contributed by atoms with van der Waals surface area (Å²) < 4.78 is 0. The number of carbonyl (C=O) groups is 1. The molecule has 90 valence electrons. The van der Waals surface area contributed by atoms with Crippen LogP contribution in [0.15, 0.2) is 11.6 Å². The van der Waals surface area contributed by atoms with Gasteiger partial charge in [-0.05, 0) is 5.92 Å². The molecule has 5 heteroatoms. The van der Waals surface area contributed by atoms with Crippen LogP contribution in [0.5, 0.6) is 0 Å². The number of rotatable bonds is 5. The molecule has 0 aromatic carbocycles. The molecular weight excluding hydrogens is 240 g/mol. The van der Waals surface area contributed by atoms with Gasteiger partial charge in [0.05, 0.1) is 5.75 Å². The van der Waals surface area contributed by atoms with Gasteiger partial charge in [-0.2, -0.15) is 0 Å². The zero-order valence-electron chi connectivity index (χ0n) is 10.1. The lowest BCUT2D eigenvalue weighted by molar-refractivity contribution is -0.115. The van der Waals surface area contributed by atoms with Crippen LogP contribution in [0.4, 0.5) is 5.13 Å². The summed E-state index contributed by atoms with van der Waals surface area (Å²) in [7, 11) is 1.78. The number of hydrogen-bond acceptors (Lipinski definition) is 4. The predicted octanol–water partition coefficient (Wildman–Crippen LogP) is 2.88. The zero-order chi connectivity index (χ0) is 12.1. The Morgan fingerprint density at radius 3 is 2.75 bits per heavy atom. The molecule has 0 aliphatic heterocycles. The van der Waals surface area contributed by atoms with Gasteiger partial charge in [0.1, 0.15) is 0 Å². The van der Waals surface area contributed by atoms with E-state index in [4.69, 9.17) is 0 Å². The van der Waals surface area contributed by atoms with Crippen LogP contribution in [0.1, 0.15) is 20.8 Å². The average molecular weight is 258 g/mol. The molecule has 3 nitrogen and oxygen atoms in total. The van der Waals surface area contributed by atoms with Crippen LogP contribution in [0.3, 0.4) is 0 Å². The van der Waals surface area contributed by atoms with Crippen LogP contribution in [0, 0.1) is 5.92 Å². The van der Waals surface area contributed by atoms with E-state index in [2.05, 4.69) is 25.8 Å². The van der Waals surface area contributed by atoms with Crippen molar-refractivity contribution in [3.05, 3.63) is 11.6 Å². The predicted molar refractivity (Wildman–Crippen MR) is 72.3 cm³/mol. The van der Waals surface area contributed by atoms with E-state index in [1.165, 1.54) is 11.3 Å². The second-order valence-corrected chi connectivity index (χ2v) is 6.27. The molecule has 0 spiro atoms. The maximum absolute atomic E-state index is 11.8. The van der Waals surface area contributed by atoms with Crippen molar-refractivity contribution in [3.8, 4) is 0 Å². The molecule has 1 aromatic heterocycles. The zero-order valence-corrected chi connectivity index (χ0v) is 11.8. The summed E-state index contributed by atoms with van der Waals surface area (Å²) in [5.74, 6) is 1.24. The fourth-order valence-corrected chi connectivity index (χ4v) is 2.59. The molecule has 1 rings (SSSR count). The number of carbonyl (C=O) groups excluding carboxylic acids is 1. The molecule has 1 amide bonds. The lowest BCUT2D eigenvalue weighted by Gasteiger charge is -2.17. The molecular formula is C11H18N2OS2. The van der Waals surface area contributed by atoms with Gasteiger partial charge in [0.15, 0.2) is 5.13 Å². The number of aromatic nitrogens is 1. The van der Waals surface area contributed by atoms with Crippen molar-refractivity contribution in [1.29, 1.82) is 0 Å². The Hall–Kier alpha value is -0.550. The highest BCUT2D eigenvalue weighted by Gasteiger charge is 2.15. The number of amides is 1. The van der Waals surface area contributed by atoms with Crippen molar-refractivity contribution in [1.82, 2.24) is 4.98 Å².